The Morgan fingerprint density at radius 3 is 1.24 bits per heavy atom. The molecule has 1 atom stereocenters. The minimum absolute atomic E-state index is 0.0407. The van der Waals surface area contributed by atoms with Crippen molar-refractivity contribution in [2.45, 2.75) is 31.1 Å². The highest BCUT2D eigenvalue weighted by Gasteiger charge is 2.19. The average molecular weight is 475 g/mol. The van der Waals surface area contributed by atoms with Crippen LogP contribution in [0.3, 0.4) is 0 Å². The normalized spacial score (nSPS) is 12.1. The minimum atomic E-state index is 0.0407. The van der Waals surface area contributed by atoms with Crippen LogP contribution in [0.2, 0.25) is 5.02 Å². The van der Waals surface area contributed by atoms with Crippen molar-refractivity contribution < 1.29 is 20.4 Å². The quantitative estimate of drug-likeness (QED) is 0.216. The lowest BCUT2D eigenvalue weighted by atomic mass is 9.82. The zero-order valence-corrected chi connectivity index (χ0v) is 19.4. The first kappa shape index (κ1) is 23.5. The maximum absolute atomic E-state index is 9.87. The Labute approximate surface area is 204 Å². The summed E-state index contributed by atoms with van der Waals surface area (Å²) in [5.41, 5.74) is 4.25. The first-order chi connectivity index (χ1) is 16.4. The maximum atomic E-state index is 9.87. The van der Waals surface area contributed by atoms with Crippen LogP contribution in [-0.2, 0) is 0 Å². The van der Waals surface area contributed by atoms with E-state index in [1.165, 1.54) is 0 Å². The highest BCUT2D eigenvalue weighted by Crippen LogP contribution is 2.37. The fourth-order valence-corrected chi connectivity index (χ4v) is 4.63. The van der Waals surface area contributed by atoms with E-state index in [-0.39, 0.29) is 34.8 Å². The van der Waals surface area contributed by atoms with Gasteiger partial charge in [0, 0.05) is 11.8 Å². The van der Waals surface area contributed by atoms with Crippen LogP contribution in [-0.4, -0.2) is 20.4 Å². The van der Waals surface area contributed by atoms with E-state index in [0.717, 1.165) is 41.5 Å². The fraction of sp³-hybridized carbons (Fsp3) is 0.172. The molecule has 0 aromatic heterocycles. The van der Waals surface area contributed by atoms with E-state index >= 15 is 0 Å². The standard InChI is InChI=1S/C29H27ClO4/c30-28-18-22(10-17-29(28)34)27(21-8-15-25(33)16-9-21)3-1-2-26(19-4-11-23(31)12-5-19)20-6-13-24(32)14-7-20/h4-18,26-27,31-34H,1-3H2. The Balaban J connectivity index is 1.59. The van der Waals surface area contributed by atoms with Gasteiger partial charge in [0.2, 0.25) is 0 Å². The Hall–Kier alpha value is -3.63. The predicted molar refractivity (Wildman–Crippen MR) is 135 cm³/mol. The van der Waals surface area contributed by atoms with E-state index in [1.54, 1.807) is 48.5 Å². The highest BCUT2D eigenvalue weighted by atomic mass is 35.5. The van der Waals surface area contributed by atoms with Gasteiger partial charge >= 0.3 is 0 Å². The number of halogens is 1. The molecule has 5 heteroatoms. The summed E-state index contributed by atoms with van der Waals surface area (Å²) in [6.07, 6.45) is 2.57. The van der Waals surface area contributed by atoms with Crippen LogP contribution in [0, 0.1) is 0 Å². The number of aromatic hydroxyl groups is 4. The van der Waals surface area contributed by atoms with Crippen molar-refractivity contribution in [3.8, 4) is 23.0 Å². The zero-order valence-electron chi connectivity index (χ0n) is 18.6. The molecule has 174 valence electrons. The van der Waals surface area contributed by atoms with E-state index in [4.69, 9.17) is 11.6 Å². The number of phenols is 4. The van der Waals surface area contributed by atoms with E-state index in [9.17, 15) is 20.4 Å². The number of benzene rings is 4. The summed E-state index contributed by atoms with van der Waals surface area (Å²) in [7, 11) is 0. The van der Waals surface area contributed by atoms with Gasteiger partial charge in [0.1, 0.15) is 23.0 Å². The smallest absolute Gasteiger partial charge is 0.134 e. The highest BCUT2D eigenvalue weighted by molar-refractivity contribution is 6.32. The van der Waals surface area contributed by atoms with Crippen LogP contribution in [0.5, 0.6) is 23.0 Å². The SMILES string of the molecule is Oc1ccc(C(CCCC(c2ccc(O)cc2)c2ccc(O)c(Cl)c2)c2ccc(O)cc2)cc1. The first-order valence-corrected chi connectivity index (χ1v) is 11.6. The summed E-state index contributed by atoms with van der Waals surface area (Å²) >= 11 is 6.21. The van der Waals surface area contributed by atoms with Crippen molar-refractivity contribution in [1.29, 1.82) is 0 Å². The van der Waals surface area contributed by atoms with E-state index in [0.29, 0.717) is 5.02 Å². The molecule has 0 spiro atoms. The largest absolute Gasteiger partial charge is 0.508 e. The Bertz CT molecular complexity index is 1170. The van der Waals surface area contributed by atoms with Gasteiger partial charge < -0.3 is 20.4 Å². The van der Waals surface area contributed by atoms with Crippen molar-refractivity contribution in [2.24, 2.45) is 0 Å². The molecule has 0 aliphatic heterocycles. The maximum Gasteiger partial charge on any atom is 0.134 e. The number of hydrogen-bond donors (Lipinski definition) is 4. The summed E-state index contributed by atoms with van der Waals surface area (Å²) in [6.45, 7) is 0. The summed E-state index contributed by atoms with van der Waals surface area (Å²) < 4.78 is 0. The third-order valence-corrected chi connectivity index (χ3v) is 6.55. The number of rotatable bonds is 8. The molecule has 1 unspecified atom stereocenters. The van der Waals surface area contributed by atoms with E-state index in [1.807, 2.05) is 42.5 Å². The van der Waals surface area contributed by atoms with Crippen molar-refractivity contribution >= 4 is 11.6 Å². The van der Waals surface area contributed by atoms with Crippen LogP contribution in [0.15, 0.2) is 91.0 Å². The summed E-state index contributed by atoms with van der Waals surface area (Å²) in [6, 6.07) is 27.0. The van der Waals surface area contributed by atoms with Crippen molar-refractivity contribution in [3.05, 3.63) is 118 Å². The van der Waals surface area contributed by atoms with Gasteiger partial charge in [-0.25, -0.2) is 0 Å². The lowest BCUT2D eigenvalue weighted by molar-refractivity contribution is 0.474. The van der Waals surface area contributed by atoms with Gasteiger partial charge in [0.05, 0.1) is 5.02 Å². The first-order valence-electron chi connectivity index (χ1n) is 11.3. The molecule has 4 nitrogen and oxygen atoms in total. The molecule has 4 aromatic carbocycles. The lowest BCUT2D eigenvalue weighted by Crippen LogP contribution is -2.05. The molecule has 0 bridgehead atoms. The molecule has 4 aromatic rings. The molecule has 4 rings (SSSR count). The Kier molecular flexibility index (Phi) is 7.29. The van der Waals surface area contributed by atoms with Gasteiger partial charge in [0.25, 0.3) is 0 Å². The van der Waals surface area contributed by atoms with Crippen LogP contribution >= 0.6 is 11.6 Å². The van der Waals surface area contributed by atoms with Crippen LogP contribution in [0.25, 0.3) is 0 Å². The molecule has 34 heavy (non-hydrogen) atoms. The molecule has 0 heterocycles. The molecule has 0 radical (unpaired) electrons. The third kappa shape index (κ3) is 5.64. The molecule has 0 aliphatic rings. The molecule has 0 saturated carbocycles. The zero-order chi connectivity index (χ0) is 24.1. The molecule has 0 saturated heterocycles. The Morgan fingerprint density at radius 2 is 0.853 bits per heavy atom. The molecule has 0 aliphatic carbocycles. The van der Waals surface area contributed by atoms with Gasteiger partial charge in [-0.1, -0.05) is 60.5 Å². The van der Waals surface area contributed by atoms with Crippen LogP contribution in [0.4, 0.5) is 0 Å². The molecular weight excluding hydrogens is 448 g/mol. The van der Waals surface area contributed by atoms with Crippen molar-refractivity contribution in [1.82, 2.24) is 0 Å². The average Bonchev–Trinajstić information content (AvgIpc) is 2.84. The molecule has 4 N–H and O–H groups in total. The third-order valence-electron chi connectivity index (χ3n) is 6.25. The van der Waals surface area contributed by atoms with Crippen LogP contribution in [0.1, 0.15) is 53.4 Å². The van der Waals surface area contributed by atoms with Gasteiger partial charge in [-0.05, 0) is 83.6 Å². The molecule has 0 fully saturated rings. The summed E-state index contributed by atoms with van der Waals surface area (Å²) in [5, 5.41) is 39.4. The topological polar surface area (TPSA) is 80.9 Å². The van der Waals surface area contributed by atoms with Gasteiger partial charge in [-0.3, -0.25) is 0 Å². The summed E-state index contributed by atoms with van der Waals surface area (Å²) in [5.74, 6) is 0.860. The van der Waals surface area contributed by atoms with Gasteiger partial charge in [-0.2, -0.15) is 0 Å². The lowest BCUT2D eigenvalue weighted by Gasteiger charge is -2.22. The fourth-order valence-electron chi connectivity index (χ4n) is 4.44. The van der Waals surface area contributed by atoms with E-state index in [2.05, 4.69) is 0 Å². The van der Waals surface area contributed by atoms with Crippen molar-refractivity contribution in [3.63, 3.8) is 0 Å². The summed E-state index contributed by atoms with van der Waals surface area (Å²) in [4.78, 5) is 0. The molecular formula is C29H27ClO4. The van der Waals surface area contributed by atoms with Gasteiger partial charge in [0.15, 0.2) is 0 Å². The van der Waals surface area contributed by atoms with E-state index < -0.39 is 0 Å². The minimum Gasteiger partial charge on any atom is -0.508 e. The van der Waals surface area contributed by atoms with Gasteiger partial charge in [-0.15, -0.1) is 0 Å². The second kappa shape index (κ2) is 10.5. The predicted octanol–water partition coefficient (Wildman–Crippen LogP) is 7.30. The number of phenolic OH excluding ortho intramolecular Hbond substituents is 4. The van der Waals surface area contributed by atoms with Crippen LogP contribution < -0.4 is 0 Å². The van der Waals surface area contributed by atoms with Crippen molar-refractivity contribution in [2.75, 3.05) is 0 Å². The second-order valence-electron chi connectivity index (χ2n) is 8.52. The Morgan fingerprint density at radius 1 is 0.500 bits per heavy atom. The number of hydrogen-bond acceptors (Lipinski definition) is 4. The second-order valence-corrected chi connectivity index (χ2v) is 8.93. The molecule has 0 amide bonds. The monoisotopic (exact) mass is 474 g/mol.